The molecule has 0 spiro atoms. The monoisotopic (exact) mass is 447 g/mol. The van der Waals surface area contributed by atoms with Crippen molar-refractivity contribution in [2.45, 2.75) is 6.10 Å². The summed E-state index contributed by atoms with van der Waals surface area (Å²) >= 11 is 0. The van der Waals surface area contributed by atoms with Gasteiger partial charge in [0.2, 0.25) is 0 Å². The topological polar surface area (TPSA) is 116 Å². The van der Waals surface area contributed by atoms with Crippen molar-refractivity contribution in [3.63, 3.8) is 0 Å². The number of carbonyl (C=O) groups excluding carboxylic acids is 3. The summed E-state index contributed by atoms with van der Waals surface area (Å²) in [4.78, 5) is 40.0. The van der Waals surface area contributed by atoms with E-state index in [4.69, 9.17) is 14.2 Å². The molecule has 1 aliphatic rings. The molecule has 2 N–H and O–H groups in total. The van der Waals surface area contributed by atoms with Crippen molar-refractivity contribution in [3.8, 4) is 11.5 Å². The minimum Gasteiger partial charge on any atom is -0.486 e. The molecule has 3 amide bonds. The number of amides is 3. The van der Waals surface area contributed by atoms with E-state index in [9.17, 15) is 14.4 Å². The quantitative estimate of drug-likeness (QED) is 0.440. The third-order valence-electron chi connectivity index (χ3n) is 4.72. The van der Waals surface area contributed by atoms with Gasteiger partial charge in [-0.2, -0.15) is 0 Å². The summed E-state index contributed by atoms with van der Waals surface area (Å²) in [6, 6.07) is 15.8. The fourth-order valence-corrected chi connectivity index (χ4v) is 3.18. The maximum atomic E-state index is 11.9. The maximum Gasteiger partial charge on any atom is 0.331 e. The standard InChI is InChI=1S/C24H21N3O6/c28-21(27-24(30)26-13-18-14-31-19-8-1-2-9-20(19)33-18)15-32-22(29)11-10-17-6-3-5-16-7-4-12-25-23(16)17/h1-12,18H,13-15H2,(H2,26,27,28,30)/b11-10+. The molecule has 0 fully saturated rings. The van der Waals surface area contributed by atoms with E-state index in [0.717, 1.165) is 16.5 Å². The number of rotatable bonds is 6. The van der Waals surface area contributed by atoms with E-state index in [0.29, 0.717) is 11.5 Å². The number of esters is 1. The molecule has 9 heteroatoms. The molecule has 168 valence electrons. The second-order valence-electron chi connectivity index (χ2n) is 7.12. The van der Waals surface area contributed by atoms with Gasteiger partial charge in [-0.05, 0) is 24.3 Å². The van der Waals surface area contributed by atoms with Crippen LogP contribution in [-0.2, 0) is 14.3 Å². The SMILES string of the molecule is O=C(COC(=O)/C=C/c1cccc2cccnc12)NC(=O)NCC1COc2ccccc2O1. The molecule has 1 aromatic heterocycles. The van der Waals surface area contributed by atoms with Gasteiger partial charge in [0.15, 0.2) is 24.2 Å². The van der Waals surface area contributed by atoms with Gasteiger partial charge < -0.3 is 19.5 Å². The minimum absolute atomic E-state index is 0.134. The van der Waals surface area contributed by atoms with Crippen LogP contribution in [0.15, 0.2) is 66.9 Å². The van der Waals surface area contributed by atoms with Crippen LogP contribution in [0.3, 0.4) is 0 Å². The zero-order valence-corrected chi connectivity index (χ0v) is 17.5. The highest BCUT2D eigenvalue weighted by atomic mass is 16.6. The van der Waals surface area contributed by atoms with E-state index in [1.54, 1.807) is 24.4 Å². The van der Waals surface area contributed by atoms with Crippen molar-refractivity contribution in [1.29, 1.82) is 0 Å². The number of hydrogen-bond donors (Lipinski definition) is 2. The molecule has 2 aromatic carbocycles. The largest absolute Gasteiger partial charge is 0.486 e. The van der Waals surface area contributed by atoms with E-state index < -0.39 is 30.6 Å². The molecule has 1 atom stereocenters. The van der Waals surface area contributed by atoms with Gasteiger partial charge in [-0.3, -0.25) is 15.1 Å². The molecule has 0 saturated carbocycles. The van der Waals surface area contributed by atoms with E-state index in [-0.39, 0.29) is 13.2 Å². The smallest absolute Gasteiger partial charge is 0.331 e. The van der Waals surface area contributed by atoms with Crippen LogP contribution in [0.4, 0.5) is 4.79 Å². The lowest BCUT2D eigenvalue weighted by Crippen LogP contribution is -2.46. The van der Waals surface area contributed by atoms with Crippen LogP contribution in [0, 0.1) is 0 Å². The number of nitrogens with one attached hydrogen (secondary N) is 2. The summed E-state index contributed by atoms with van der Waals surface area (Å²) in [5.74, 6) is -0.246. The molecule has 33 heavy (non-hydrogen) atoms. The third-order valence-corrected chi connectivity index (χ3v) is 4.72. The van der Waals surface area contributed by atoms with Crippen LogP contribution in [0.1, 0.15) is 5.56 Å². The number of aromatic nitrogens is 1. The van der Waals surface area contributed by atoms with E-state index in [1.807, 2.05) is 42.5 Å². The second kappa shape index (κ2) is 10.3. The van der Waals surface area contributed by atoms with Crippen LogP contribution in [0.2, 0.25) is 0 Å². The van der Waals surface area contributed by atoms with Gasteiger partial charge in [0.25, 0.3) is 5.91 Å². The fourth-order valence-electron chi connectivity index (χ4n) is 3.18. The van der Waals surface area contributed by atoms with Crippen molar-refractivity contribution < 1.29 is 28.6 Å². The first-order chi connectivity index (χ1) is 16.1. The zero-order chi connectivity index (χ0) is 23.0. The highest BCUT2D eigenvalue weighted by Gasteiger charge is 2.21. The first kappa shape index (κ1) is 21.8. The van der Waals surface area contributed by atoms with Crippen LogP contribution >= 0.6 is 0 Å². The average molecular weight is 447 g/mol. The normalized spacial score (nSPS) is 14.6. The number of hydrogen-bond acceptors (Lipinski definition) is 7. The van der Waals surface area contributed by atoms with Crippen LogP contribution in [0.5, 0.6) is 11.5 Å². The summed E-state index contributed by atoms with van der Waals surface area (Å²) in [7, 11) is 0. The number of urea groups is 1. The molecule has 3 aromatic rings. The van der Waals surface area contributed by atoms with E-state index in [1.165, 1.54) is 6.08 Å². The molecule has 2 heterocycles. The number of nitrogens with zero attached hydrogens (tertiary/aromatic N) is 1. The Morgan fingerprint density at radius 2 is 1.88 bits per heavy atom. The number of fused-ring (bicyclic) bond motifs is 2. The molecule has 0 aliphatic carbocycles. The fraction of sp³-hybridized carbons (Fsp3) is 0.167. The number of benzene rings is 2. The molecular formula is C24H21N3O6. The van der Waals surface area contributed by atoms with Crippen molar-refractivity contribution in [1.82, 2.24) is 15.6 Å². The molecule has 0 saturated heterocycles. The highest BCUT2D eigenvalue weighted by Crippen LogP contribution is 2.30. The summed E-state index contributed by atoms with van der Waals surface area (Å²) in [5, 5.41) is 5.56. The van der Waals surface area contributed by atoms with Gasteiger partial charge in [-0.1, -0.05) is 36.4 Å². The Morgan fingerprint density at radius 1 is 1.06 bits per heavy atom. The summed E-state index contributed by atoms with van der Waals surface area (Å²) in [5.41, 5.74) is 1.49. The van der Waals surface area contributed by atoms with Crippen molar-refractivity contribution in [3.05, 3.63) is 72.4 Å². The average Bonchev–Trinajstić information content (AvgIpc) is 2.84. The first-order valence-corrected chi connectivity index (χ1v) is 10.2. The van der Waals surface area contributed by atoms with Gasteiger partial charge >= 0.3 is 12.0 Å². The predicted molar refractivity (Wildman–Crippen MR) is 120 cm³/mol. The van der Waals surface area contributed by atoms with Crippen molar-refractivity contribution in [2.75, 3.05) is 19.8 Å². The molecule has 0 bridgehead atoms. The minimum atomic E-state index is -0.757. The van der Waals surface area contributed by atoms with Gasteiger partial charge in [-0.25, -0.2) is 9.59 Å². The summed E-state index contributed by atoms with van der Waals surface area (Å²) in [6.45, 7) is -0.197. The van der Waals surface area contributed by atoms with Crippen molar-refractivity contribution in [2.24, 2.45) is 0 Å². The highest BCUT2D eigenvalue weighted by molar-refractivity contribution is 5.97. The Morgan fingerprint density at radius 3 is 2.76 bits per heavy atom. The van der Waals surface area contributed by atoms with Gasteiger partial charge in [-0.15, -0.1) is 0 Å². The Balaban J connectivity index is 1.18. The molecule has 1 unspecified atom stereocenters. The molecule has 1 aliphatic heterocycles. The summed E-state index contributed by atoms with van der Waals surface area (Å²) in [6.07, 6.45) is 4.04. The number of para-hydroxylation sites is 3. The molecule has 0 radical (unpaired) electrons. The molecular weight excluding hydrogens is 426 g/mol. The van der Waals surface area contributed by atoms with Crippen LogP contribution in [0.25, 0.3) is 17.0 Å². The number of pyridine rings is 1. The van der Waals surface area contributed by atoms with Gasteiger partial charge in [0, 0.05) is 23.2 Å². The predicted octanol–water partition coefficient (Wildman–Crippen LogP) is 2.46. The van der Waals surface area contributed by atoms with E-state index in [2.05, 4.69) is 15.6 Å². The third kappa shape index (κ3) is 5.85. The Labute approximate surface area is 189 Å². The van der Waals surface area contributed by atoms with Crippen LogP contribution < -0.4 is 20.1 Å². The molecule has 9 nitrogen and oxygen atoms in total. The van der Waals surface area contributed by atoms with Crippen molar-refractivity contribution >= 4 is 34.9 Å². The molecule has 4 rings (SSSR count). The lowest BCUT2D eigenvalue weighted by molar-refractivity contribution is -0.143. The van der Waals surface area contributed by atoms with Crippen LogP contribution in [-0.4, -0.2) is 48.8 Å². The summed E-state index contributed by atoms with van der Waals surface area (Å²) < 4.78 is 16.2. The zero-order valence-electron chi connectivity index (χ0n) is 17.5. The Hall–Kier alpha value is -4.40. The first-order valence-electron chi connectivity index (χ1n) is 10.2. The Kier molecular flexibility index (Phi) is 6.79. The number of imide groups is 1. The lowest BCUT2D eigenvalue weighted by Gasteiger charge is -2.26. The second-order valence-corrected chi connectivity index (χ2v) is 7.12. The lowest BCUT2D eigenvalue weighted by atomic mass is 10.1. The van der Waals surface area contributed by atoms with E-state index >= 15 is 0 Å². The number of ether oxygens (including phenoxy) is 3. The van der Waals surface area contributed by atoms with Gasteiger partial charge in [0.1, 0.15) is 6.61 Å². The van der Waals surface area contributed by atoms with Gasteiger partial charge in [0.05, 0.1) is 12.1 Å². The Bertz CT molecular complexity index is 1200. The number of carbonyl (C=O) groups is 3. The maximum absolute atomic E-state index is 11.9.